The highest BCUT2D eigenvalue weighted by atomic mass is 16.5. The van der Waals surface area contributed by atoms with Gasteiger partial charge in [-0.25, -0.2) is 0 Å². The van der Waals surface area contributed by atoms with Crippen molar-refractivity contribution in [2.75, 3.05) is 20.8 Å². The first-order chi connectivity index (χ1) is 18.1. The van der Waals surface area contributed by atoms with Crippen molar-refractivity contribution in [3.05, 3.63) is 102 Å². The van der Waals surface area contributed by atoms with Gasteiger partial charge in [-0.3, -0.25) is 14.5 Å². The number of nitrogens with one attached hydrogen (secondary N) is 1. The molecule has 4 aromatic rings. The van der Waals surface area contributed by atoms with Crippen molar-refractivity contribution in [3.63, 3.8) is 0 Å². The van der Waals surface area contributed by atoms with E-state index in [1.165, 1.54) is 0 Å². The molecule has 0 saturated carbocycles. The number of pyridine rings is 1. The van der Waals surface area contributed by atoms with Gasteiger partial charge in [0.1, 0.15) is 17.3 Å². The maximum atomic E-state index is 12.9. The van der Waals surface area contributed by atoms with Crippen LogP contribution in [-0.2, 0) is 17.8 Å². The molecule has 0 unspecified atom stereocenters. The number of amides is 1. The van der Waals surface area contributed by atoms with Gasteiger partial charge >= 0.3 is 0 Å². The number of benzene rings is 2. The summed E-state index contributed by atoms with van der Waals surface area (Å²) in [4.78, 5) is 17.0. The van der Waals surface area contributed by atoms with Gasteiger partial charge in [-0.05, 0) is 47.9 Å². The lowest BCUT2D eigenvalue weighted by molar-refractivity contribution is -0.117. The first kappa shape index (κ1) is 25.2. The van der Waals surface area contributed by atoms with Crippen LogP contribution in [0.5, 0.6) is 11.5 Å². The smallest absolute Gasteiger partial charge is 0.261 e. The van der Waals surface area contributed by atoms with E-state index < -0.39 is 5.91 Å². The molecule has 1 N–H and O–H groups in total. The summed E-state index contributed by atoms with van der Waals surface area (Å²) in [5.74, 6) is 0.817. The van der Waals surface area contributed by atoms with E-state index in [1.807, 2.05) is 72.9 Å². The van der Waals surface area contributed by atoms with Crippen LogP contribution in [0, 0.1) is 11.3 Å². The lowest BCUT2D eigenvalue weighted by atomic mass is 10.1. The molecule has 0 bridgehead atoms. The average molecular weight is 494 g/mol. The molecule has 37 heavy (non-hydrogen) atoms. The van der Waals surface area contributed by atoms with Crippen molar-refractivity contribution < 1.29 is 14.3 Å². The minimum Gasteiger partial charge on any atom is -0.493 e. The van der Waals surface area contributed by atoms with Gasteiger partial charge in [-0.1, -0.05) is 36.4 Å². The fourth-order valence-corrected chi connectivity index (χ4v) is 3.88. The van der Waals surface area contributed by atoms with E-state index in [-0.39, 0.29) is 5.57 Å². The fourth-order valence-electron chi connectivity index (χ4n) is 3.88. The van der Waals surface area contributed by atoms with Crippen LogP contribution in [0.25, 0.3) is 17.3 Å². The summed E-state index contributed by atoms with van der Waals surface area (Å²) >= 11 is 0. The molecule has 0 saturated heterocycles. The molecule has 2 heterocycles. The Morgan fingerprint density at radius 1 is 1.05 bits per heavy atom. The maximum absolute atomic E-state index is 12.9. The highest BCUT2D eigenvalue weighted by Crippen LogP contribution is 2.28. The number of ether oxygens (including phenoxy) is 2. The monoisotopic (exact) mass is 493 g/mol. The molecule has 0 fully saturated rings. The molecule has 4 rings (SSSR count). The van der Waals surface area contributed by atoms with Crippen molar-refractivity contribution in [1.82, 2.24) is 20.1 Å². The fraction of sp³-hybridized carbons (Fsp3) is 0.172. The predicted molar refractivity (Wildman–Crippen MR) is 141 cm³/mol. The van der Waals surface area contributed by atoms with Crippen molar-refractivity contribution in [3.8, 4) is 28.8 Å². The van der Waals surface area contributed by atoms with Crippen molar-refractivity contribution >= 4 is 12.0 Å². The number of nitriles is 1. The molecule has 0 aliphatic heterocycles. The summed E-state index contributed by atoms with van der Waals surface area (Å²) < 4.78 is 12.4. The Balaban J connectivity index is 1.52. The van der Waals surface area contributed by atoms with Crippen LogP contribution in [-0.4, -0.2) is 41.4 Å². The quantitative estimate of drug-likeness (QED) is 0.261. The van der Waals surface area contributed by atoms with Crippen LogP contribution in [0.15, 0.2) is 84.8 Å². The van der Waals surface area contributed by atoms with Gasteiger partial charge in [-0.2, -0.15) is 10.4 Å². The Bertz CT molecular complexity index is 1420. The number of hydrogen-bond acceptors (Lipinski definition) is 6. The second-order valence-corrected chi connectivity index (χ2v) is 8.22. The maximum Gasteiger partial charge on any atom is 0.261 e. The van der Waals surface area contributed by atoms with E-state index in [0.717, 1.165) is 16.7 Å². The molecule has 0 radical (unpaired) electrons. The highest BCUT2D eigenvalue weighted by molar-refractivity contribution is 6.02. The zero-order chi connectivity index (χ0) is 26.0. The van der Waals surface area contributed by atoms with E-state index in [0.29, 0.717) is 42.3 Å². The van der Waals surface area contributed by atoms with E-state index in [2.05, 4.69) is 10.3 Å². The third-order valence-corrected chi connectivity index (χ3v) is 5.72. The average Bonchev–Trinajstić information content (AvgIpc) is 3.34. The molecule has 1 amide bonds. The number of methoxy groups -OCH3 is 2. The summed E-state index contributed by atoms with van der Waals surface area (Å²) in [6, 6.07) is 21.3. The van der Waals surface area contributed by atoms with Crippen LogP contribution in [0.3, 0.4) is 0 Å². The SMILES string of the molecule is COc1ccc(CCNC(=O)/C(C#N)=C/c2cn(Cc3ccccc3)nc2-c2cccnc2)cc1OC. The van der Waals surface area contributed by atoms with Gasteiger partial charge in [0, 0.05) is 36.3 Å². The molecule has 2 aromatic carbocycles. The molecule has 0 atom stereocenters. The Morgan fingerprint density at radius 3 is 2.57 bits per heavy atom. The number of carbonyl (C=O) groups is 1. The summed E-state index contributed by atoms with van der Waals surface area (Å²) in [5, 5.41) is 17.3. The molecule has 0 aliphatic rings. The van der Waals surface area contributed by atoms with E-state index in [1.54, 1.807) is 37.4 Å². The van der Waals surface area contributed by atoms with Crippen LogP contribution in [0.4, 0.5) is 0 Å². The Hall–Kier alpha value is -4.90. The van der Waals surface area contributed by atoms with E-state index in [4.69, 9.17) is 14.6 Å². The Kier molecular flexibility index (Phi) is 8.29. The zero-order valence-corrected chi connectivity index (χ0v) is 20.7. The minimum absolute atomic E-state index is 0.00304. The first-order valence-electron chi connectivity index (χ1n) is 11.7. The van der Waals surface area contributed by atoms with Gasteiger partial charge < -0.3 is 14.8 Å². The minimum atomic E-state index is -0.448. The third-order valence-electron chi connectivity index (χ3n) is 5.72. The summed E-state index contributed by atoms with van der Waals surface area (Å²) in [5.41, 5.74) is 4.17. The number of rotatable bonds is 10. The lowest BCUT2D eigenvalue weighted by Gasteiger charge is -2.10. The number of aromatic nitrogens is 3. The van der Waals surface area contributed by atoms with Crippen molar-refractivity contribution in [1.29, 1.82) is 5.26 Å². The number of hydrogen-bond donors (Lipinski definition) is 1. The normalized spacial score (nSPS) is 11.0. The Morgan fingerprint density at radius 2 is 1.86 bits per heavy atom. The van der Waals surface area contributed by atoms with Crippen molar-refractivity contribution in [2.24, 2.45) is 0 Å². The molecule has 8 nitrogen and oxygen atoms in total. The van der Waals surface area contributed by atoms with Gasteiger partial charge in [-0.15, -0.1) is 0 Å². The third kappa shape index (κ3) is 6.41. The Labute approximate surface area is 215 Å². The lowest BCUT2D eigenvalue weighted by Crippen LogP contribution is -2.26. The second-order valence-electron chi connectivity index (χ2n) is 8.22. The standard InChI is InChI=1S/C29H27N5O3/c1-36-26-11-10-21(15-27(26)37-2)12-14-32-29(35)24(17-30)16-25-20-34(19-22-7-4-3-5-8-22)33-28(25)23-9-6-13-31-18-23/h3-11,13,15-16,18,20H,12,14,19H2,1-2H3,(H,32,35)/b24-16+. The molecule has 0 spiro atoms. The molecular weight excluding hydrogens is 466 g/mol. The summed E-state index contributed by atoms with van der Waals surface area (Å²) in [6.45, 7) is 0.914. The summed E-state index contributed by atoms with van der Waals surface area (Å²) in [7, 11) is 3.16. The van der Waals surface area contributed by atoms with Gasteiger partial charge in [0.25, 0.3) is 5.91 Å². The van der Waals surface area contributed by atoms with Gasteiger partial charge in [0.05, 0.1) is 20.8 Å². The van der Waals surface area contributed by atoms with Crippen LogP contribution >= 0.6 is 0 Å². The number of carbonyl (C=O) groups excluding carboxylic acids is 1. The molecule has 2 aromatic heterocycles. The summed E-state index contributed by atoms with van der Waals surface area (Å²) in [6.07, 6.45) is 7.38. The molecule has 8 heteroatoms. The predicted octanol–water partition coefficient (Wildman–Crippen LogP) is 4.28. The molecular formula is C29H27N5O3. The topological polar surface area (TPSA) is 102 Å². The largest absolute Gasteiger partial charge is 0.493 e. The van der Waals surface area contributed by atoms with Gasteiger partial charge in [0.15, 0.2) is 11.5 Å². The van der Waals surface area contributed by atoms with E-state index >= 15 is 0 Å². The first-order valence-corrected chi connectivity index (χ1v) is 11.7. The van der Waals surface area contributed by atoms with Crippen molar-refractivity contribution in [2.45, 2.75) is 13.0 Å². The highest BCUT2D eigenvalue weighted by Gasteiger charge is 2.15. The van der Waals surface area contributed by atoms with Gasteiger partial charge in [0.2, 0.25) is 0 Å². The zero-order valence-electron chi connectivity index (χ0n) is 20.7. The molecule has 0 aliphatic carbocycles. The van der Waals surface area contributed by atoms with Crippen LogP contribution < -0.4 is 14.8 Å². The second kappa shape index (κ2) is 12.2. The van der Waals surface area contributed by atoms with Crippen LogP contribution in [0.1, 0.15) is 16.7 Å². The van der Waals surface area contributed by atoms with E-state index in [9.17, 15) is 10.1 Å². The molecule has 186 valence electrons. The van der Waals surface area contributed by atoms with Crippen LogP contribution in [0.2, 0.25) is 0 Å². The number of nitrogens with zero attached hydrogens (tertiary/aromatic N) is 4.